The van der Waals surface area contributed by atoms with Crippen LogP contribution >= 0.6 is 10.0 Å². The van der Waals surface area contributed by atoms with E-state index >= 15 is 0 Å². The van der Waals surface area contributed by atoms with Gasteiger partial charge in [0, 0.05) is 0 Å². The molecule has 56 valence electrons. The highest BCUT2D eigenvalue weighted by atomic mass is 32.3. The lowest BCUT2D eigenvalue weighted by atomic mass is 10.1. The lowest BCUT2D eigenvalue weighted by Gasteiger charge is -2.30. The Morgan fingerprint density at radius 3 is 1.89 bits per heavy atom. The molecule has 0 spiro atoms. The summed E-state index contributed by atoms with van der Waals surface area (Å²) >= 11 is 0. The average Bonchev–Trinajstić information content (AvgIpc) is 1.79. The van der Waals surface area contributed by atoms with E-state index in [9.17, 15) is 0 Å². The first-order valence-electron chi connectivity index (χ1n) is 3.72. The second-order valence-corrected chi connectivity index (χ2v) is 8.33. The third-order valence-corrected chi connectivity index (χ3v) is 6.34. The van der Waals surface area contributed by atoms with E-state index in [1.54, 1.807) is 0 Å². The zero-order valence-electron chi connectivity index (χ0n) is 6.98. The van der Waals surface area contributed by atoms with E-state index in [-0.39, 0.29) is 10.0 Å². The maximum atomic E-state index is 2.47. The Labute approximate surface area is 60.3 Å². The molecule has 1 aliphatic rings. The highest BCUT2D eigenvalue weighted by Crippen LogP contribution is 2.54. The Bertz CT molecular complexity index is 107. The molecule has 1 aliphatic heterocycles. The van der Waals surface area contributed by atoms with Crippen LogP contribution in [0.5, 0.6) is 0 Å². The predicted molar refractivity (Wildman–Crippen MR) is 47.5 cm³/mol. The van der Waals surface area contributed by atoms with Crippen LogP contribution in [0.25, 0.3) is 0 Å². The van der Waals surface area contributed by atoms with Crippen LogP contribution in [0.15, 0.2) is 0 Å². The summed E-state index contributed by atoms with van der Waals surface area (Å²) in [5.41, 5.74) is 0. The molecule has 0 radical (unpaired) electrons. The van der Waals surface area contributed by atoms with E-state index < -0.39 is 0 Å². The smallest absolute Gasteiger partial charge is 0.0142 e. The Morgan fingerprint density at radius 2 is 1.78 bits per heavy atom. The van der Waals surface area contributed by atoms with E-state index in [2.05, 4.69) is 26.4 Å². The largest absolute Gasteiger partial charge is 0.244 e. The molecule has 1 unspecified atom stereocenters. The first kappa shape index (κ1) is 7.46. The van der Waals surface area contributed by atoms with Crippen LogP contribution in [0.2, 0.25) is 0 Å². The van der Waals surface area contributed by atoms with Gasteiger partial charge in [0.1, 0.15) is 0 Å². The van der Waals surface area contributed by atoms with Gasteiger partial charge in [0.05, 0.1) is 0 Å². The molecule has 0 aliphatic carbocycles. The van der Waals surface area contributed by atoms with Crippen molar-refractivity contribution in [1.82, 2.24) is 0 Å². The van der Waals surface area contributed by atoms with Gasteiger partial charge >= 0.3 is 0 Å². The van der Waals surface area contributed by atoms with Gasteiger partial charge in [-0.1, -0.05) is 13.8 Å². The average molecular weight is 146 g/mol. The first-order chi connectivity index (χ1) is 4.02. The molecule has 1 heteroatoms. The van der Waals surface area contributed by atoms with Crippen molar-refractivity contribution >= 4 is 10.0 Å². The first-order valence-corrected chi connectivity index (χ1v) is 6.40. The SMILES string of the molecule is CC1C[C@@H](C)S(C)(C)C1. The normalized spacial score (nSPS) is 44.9. The maximum absolute atomic E-state index is 2.47. The molecule has 0 aromatic carbocycles. The van der Waals surface area contributed by atoms with Crippen molar-refractivity contribution in [2.45, 2.75) is 25.5 Å². The van der Waals surface area contributed by atoms with Crippen molar-refractivity contribution in [2.75, 3.05) is 18.3 Å². The molecule has 0 bridgehead atoms. The van der Waals surface area contributed by atoms with Crippen LogP contribution in [0.4, 0.5) is 0 Å². The quantitative estimate of drug-likeness (QED) is 0.492. The number of hydrogen-bond acceptors (Lipinski definition) is 0. The summed E-state index contributed by atoms with van der Waals surface area (Å²) in [4.78, 5) is 0. The molecule has 2 atom stereocenters. The van der Waals surface area contributed by atoms with Crippen molar-refractivity contribution in [3.8, 4) is 0 Å². The minimum absolute atomic E-state index is 0.174. The van der Waals surface area contributed by atoms with Gasteiger partial charge in [-0.25, -0.2) is 10.0 Å². The molecular formula is C8H18S. The molecule has 9 heavy (non-hydrogen) atoms. The lowest BCUT2D eigenvalue weighted by molar-refractivity contribution is 0.626. The molecule has 1 fully saturated rings. The van der Waals surface area contributed by atoms with Crippen LogP contribution in [0, 0.1) is 5.92 Å². The van der Waals surface area contributed by atoms with Crippen LogP contribution in [-0.4, -0.2) is 23.5 Å². The Morgan fingerprint density at radius 1 is 1.22 bits per heavy atom. The van der Waals surface area contributed by atoms with Gasteiger partial charge in [0.25, 0.3) is 0 Å². The van der Waals surface area contributed by atoms with Crippen molar-refractivity contribution in [2.24, 2.45) is 5.92 Å². The summed E-state index contributed by atoms with van der Waals surface area (Å²) in [6.45, 7) is 4.80. The van der Waals surface area contributed by atoms with Crippen LogP contribution in [0.1, 0.15) is 20.3 Å². The molecule has 0 N–H and O–H groups in total. The van der Waals surface area contributed by atoms with Crippen molar-refractivity contribution in [1.29, 1.82) is 0 Å². The second kappa shape index (κ2) is 2.19. The molecule has 0 aromatic heterocycles. The topological polar surface area (TPSA) is 0 Å². The highest BCUT2D eigenvalue weighted by molar-refractivity contribution is 8.33. The third-order valence-electron chi connectivity index (χ3n) is 2.54. The minimum Gasteiger partial charge on any atom is -0.244 e. The van der Waals surface area contributed by atoms with Gasteiger partial charge in [0.15, 0.2) is 0 Å². The summed E-state index contributed by atoms with van der Waals surface area (Å²) in [7, 11) is -0.174. The van der Waals surface area contributed by atoms with Gasteiger partial charge in [-0.3, -0.25) is 0 Å². The lowest BCUT2D eigenvalue weighted by Crippen LogP contribution is -2.05. The van der Waals surface area contributed by atoms with Gasteiger partial charge < -0.3 is 0 Å². The van der Waals surface area contributed by atoms with Crippen molar-refractivity contribution in [3.63, 3.8) is 0 Å². The van der Waals surface area contributed by atoms with Gasteiger partial charge in [-0.05, 0) is 35.9 Å². The Hall–Kier alpha value is 0.350. The summed E-state index contributed by atoms with van der Waals surface area (Å²) in [5.74, 6) is 2.51. The standard InChI is InChI=1S/C8H18S/c1-7-5-8(2)9(3,4)6-7/h7-8H,5-6H2,1-4H3/t7?,8-/m1/s1. The van der Waals surface area contributed by atoms with E-state index in [0.29, 0.717) is 0 Å². The molecule has 1 rings (SSSR count). The zero-order valence-corrected chi connectivity index (χ0v) is 7.79. The molecular weight excluding hydrogens is 128 g/mol. The highest BCUT2D eigenvalue weighted by Gasteiger charge is 2.30. The predicted octanol–water partition coefficient (Wildman–Crippen LogP) is 2.48. The second-order valence-electron chi connectivity index (χ2n) is 3.94. The molecule has 1 heterocycles. The Kier molecular flexibility index (Phi) is 1.81. The van der Waals surface area contributed by atoms with Crippen molar-refractivity contribution < 1.29 is 0 Å². The number of rotatable bonds is 0. The molecule has 0 amide bonds. The van der Waals surface area contributed by atoms with Crippen LogP contribution in [-0.2, 0) is 0 Å². The summed E-state index contributed by atoms with van der Waals surface area (Å²) in [5, 5.41) is 1.02. The fourth-order valence-electron chi connectivity index (χ4n) is 1.79. The minimum atomic E-state index is -0.174. The summed E-state index contributed by atoms with van der Waals surface area (Å²) in [6.07, 6.45) is 6.42. The van der Waals surface area contributed by atoms with Gasteiger partial charge in [0.2, 0.25) is 0 Å². The molecule has 0 saturated carbocycles. The fraction of sp³-hybridized carbons (Fsp3) is 1.00. The Balaban J connectivity index is 2.58. The monoisotopic (exact) mass is 146 g/mol. The van der Waals surface area contributed by atoms with E-state index in [4.69, 9.17) is 0 Å². The van der Waals surface area contributed by atoms with Gasteiger partial charge in [-0.15, -0.1) is 0 Å². The maximum Gasteiger partial charge on any atom is -0.0142 e. The van der Waals surface area contributed by atoms with Crippen molar-refractivity contribution in [3.05, 3.63) is 0 Å². The van der Waals surface area contributed by atoms with E-state index in [0.717, 1.165) is 11.2 Å². The van der Waals surface area contributed by atoms with E-state index in [1.807, 2.05) is 0 Å². The van der Waals surface area contributed by atoms with Crippen LogP contribution < -0.4 is 0 Å². The zero-order chi connectivity index (χ0) is 7.07. The number of hydrogen-bond donors (Lipinski definition) is 0. The fourth-order valence-corrected chi connectivity index (χ4v) is 4.57. The summed E-state index contributed by atoms with van der Waals surface area (Å²) in [6, 6.07) is 0. The molecule has 0 aromatic rings. The van der Waals surface area contributed by atoms with Gasteiger partial charge in [-0.2, -0.15) is 0 Å². The summed E-state index contributed by atoms with van der Waals surface area (Å²) < 4.78 is 0. The van der Waals surface area contributed by atoms with E-state index in [1.165, 1.54) is 12.2 Å². The van der Waals surface area contributed by atoms with Crippen LogP contribution in [0.3, 0.4) is 0 Å². The third kappa shape index (κ3) is 1.43. The molecule has 1 saturated heterocycles. The molecule has 0 nitrogen and oxygen atoms in total.